The van der Waals surface area contributed by atoms with Gasteiger partial charge in [0.1, 0.15) is 34.5 Å². The van der Waals surface area contributed by atoms with Gasteiger partial charge in [-0.1, -0.05) is 0 Å². The Morgan fingerprint density at radius 2 is 1.21 bits per heavy atom. The molecule has 1 atom stereocenters. The van der Waals surface area contributed by atoms with Crippen molar-refractivity contribution in [2.75, 3.05) is 18.2 Å². The van der Waals surface area contributed by atoms with E-state index in [1.165, 1.54) is 32.2 Å². The highest BCUT2D eigenvalue weighted by atomic mass is 32.2. The maximum Gasteiger partial charge on any atom is 0.295 e. The van der Waals surface area contributed by atoms with Crippen molar-refractivity contribution in [1.29, 1.82) is 0 Å². The zero-order chi connectivity index (χ0) is 41.8. The molecule has 16 nitrogen and oxygen atoms in total. The minimum Gasteiger partial charge on any atom is -0.448 e. The van der Waals surface area contributed by atoms with E-state index in [0.29, 0.717) is 17.5 Å². The number of aliphatic hydroxyl groups excluding tert-OH is 1. The molecule has 0 aliphatic rings. The molecule has 0 amide bonds. The van der Waals surface area contributed by atoms with Crippen LogP contribution in [0.2, 0.25) is 0 Å². The normalized spacial score (nSPS) is 11.8. The first-order chi connectivity index (χ1) is 26.8. The monoisotopic (exact) mass is 813 g/mol. The summed E-state index contributed by atoms with van der Waals surface area (Å²) in [5, 5.41) is 12.1. The van der Waals surface area contributed by atoms with Gasteiger partial charge in [-0.15, -0.1) is 0 Å². The highest BCUT2D eigenvalue weighted by molar-refractivity contribution is 7.90. The number of ketones is 2. The number of halogens is 4. The minimum absolute atomic E-state index is 0.0949. The quantitative estimate of drug-likeness (QED) is 0.132. The second-order valence-corrected chi connectivity index (χ2v) is 14.4. The number of anilines is 1. The first kappa shape index (κ1) is 41.6. The number of carbonyl (C=O) groups excluding carboxylic acids is 2. The van der Waals surface area contributed by atoms with Gasteiger partial charge < -0.3 is 19.9 Å². The molecule has 0 saturated heterocycles. The van der Waals surface area contributed by atoms with Crippen LogP contribution in [0.5, 0.6) is 23.0 Å². The molecule has 0 spiro atoms. The van der Waals surface area contributed by atoms with Crippen molar-refractivity contribution < 1.29 is 50.1 Å². The van der Waals surface area contributed by atoms with Gasteiger partial charge in [0.15, 0.2) is 34.6 Å². The van der Waals surface area contributed by atoms with Gasteiger partial charge in [-0.3, -0.25) is 28.3 Å². The number of pyridine rings is 2. The van der Waals surface area contributed by atoms with Crippen molar-refractivity contribution in [2.45, 2.75) is 45.1 Å². The summed E-state index contributed by atoms with van der Waals surface area (Å²) in [4.78, 5) is 64.8. The number of hydrogen-bond donors (Lipinski definition) is 2. The first-order valence-corrected chi connectivity index (χ1v) is 18.4. The summed E-state index contributed by atoms with van der Waals surface area (Å²) in [6.07, 6.45) is 3.44. The maximum absolute atomic E-state index is 13.9. The SMILES string of the molecule is CC(=O)Cn1c(=O)c(Oc2ccc(F)cc2F)cc2cnc(N[C@H](C)CO)nc21.CC(=O)Cn1c(=O)c(Oc2ccc(F)cc2F)cc2cnc(S(C)(=O)=O)nc21. The van der Waals surface area contributed by atoms with Crippen molar-refractivity contribution in [3.8, 4) is 23.0 Å². The number of nitrogens with one attached hydrogen (secondary N) is 1. The number of aromatic nitrogens is 6. The van der Waals surface area contributed by atoms with Crippen LogP contribution in [0.25, 0.3) is 22.1 Å². The lowest BCUT2D eigenvalue weighted by Crippen LogP contribution is -2.26. The van der Waals surface area contributed by atoms with Crippen LogP contribution in [0.15, 0.2) is 75.7 Å². The van der Waals surface area contributed by atoms with Gasteiger partial charge in [0, 0.05) is 47.6 Å². The molecule has 0 aliphatic carbocycles. The van der Waals surface area contributed by atoms with E-state index in [0.717, 1.165) is 45.9 Å². The summed E-state index contributed by atoms with van der Waals surface area (Å²) < 4.78 is 89.9. The van der Waals surface area contributed by atoms with Crippen molar-refractivity contribution in [3.63, 3.8) is 0 Å². The fourth-order valence-electron chi connectivity index (χ4n) is 5.00. The molecule has 6 rings (SSSR count). The van der Waals surface area contributed by atoms with Crippen LogP contribution < -0.4 is 25.9 Å². The molecule has 6 aromatic rings. The summed E-state index contributed by atoms with van der Waals surface area (Å²) in [6.45, 7) is 3.38. The summed E-state index contributed by atoms with van der Waals surface area (Å²) in [7, 11) is -3.76. The number of aliphatic hydroxyl groups is 1. The fraction of sp³-hybridized carbons (Fsp3) is 0.222. The zero-order valence-electron chi connectivity index (χ0n) is 30.3. The number of rotatable bonds is 12. The topological polar surface area (TPSA) is 215 Å². The Morgan fingerprint density at radius 1 is 0.754 bits per heavy atom. The van der Waals surface area contributed by atoms with Crippen molar-refractivity contribution in [3.05, 3.63) is 105 Å². The van der Waals surface area contributed by atoms with Gasteiger partial charge in [0.25, 0.3) is 11.1 Å². The van der Waals surface area contributed by atoms with Crippen LogP contribution >= 0.6 is 0 Å². The van der Waals surface area contributed by atoms with Gasteiger partial charge >= 0.3 is 0 Å². The molecule has 2 N–H and O–H groups in total. The summed E-state index contributed by atoms with van der Waals surface area (Å²) in [6, 6.07) is 7.41. The Kier molecular flexibility index (Phi) is 12.4. The minimum atomic E-state index is -3.76. The number of benzene rings is 2. The zero-order valence-corrected chi connectivity index (χ0v) is 31.1. The summed E-state index contributed by atoms with van der Waals surface area (Å²) >= 11 is 0. The lowest BCUT2D eigenvalue weighted by molar-refractivity contribution is -0.118. The van der Waals surface area contributed by atoms with Crippen LogP contribution in [0, 0.1) is 23.3 Å². The smallest absolute Gasteiger partial charge is 0.295 e. The number of nitrogens with zero attached hydrogens (tertiary/aromatic N) is 6. The average molecular weight is 814 g/mol. The molecule has 57 heavy (non-hydrogen) atoms. The highest BCUT2D eigenvalue weighted by Gasteiger charge is 2.20. The number of Topliss-reactive ketones (excluding diaryl/α,β-unsaturated/α-hetero) is 2. The third kappa shape index (κ3) is 9.99. The molecule has 0 bridgehead atoms. The molecule has 4 aromatic heterocycles. The average Bonchev–Trinajstić information content (AvgIpc) is 3.13. The van der Waals surface area contributed by atoms with E-state index in [2.05, 4.69) is 25.3 Å². The Bertz CT molecular complexity index is 2780. The van der Waals surface area contributed by atoms with Crippen LogP contribution in [0.3, 0.4) is 0 Å². The maximum atomic E-state index is 13.9. The number of sulfone groups is 1. The van der Waals surface area contributed by atoms with E-state index < -0.39 is 67.5 Å². The Labute approximate surface area is 319 Å². The molecular formula is C36H31F4N7O9S. The van der Waals surface area contributed by atoms with Gasteiger partial charge in [0.2, 0.25) is 20.9 Å². The van der Waals surface area contributed by atoms with Crippen molar-refractivity contribution in [2.24, 2.45) is 0 Å². The van der Waals surface area contributed by atoms with E-state index in [9.17, 15) is 45.2 Å². The van der Waals surface area contributed by atoms with Crippen LogP contribution in [-0.2, 0) is 32.5 Å². The van der Waals surface area contributed by atoms with Gasteiger partial charge in [0.05, 0.1) is 19.7 Å². The second-order valence-electron chi connectivity index (χ2n) is 12.5. The Morgan fingerprint density at radius 3 is 1.63 bits per heavy atom. The van der Waals surface area contributed by atoms with Crippen molar-refractivity contribution in [1.82, 2.24) is 29.1 Å². The highest BCUT2D eigenvalue weighted by Crippen LogP contribution is 2.27. The number of hydrogen-bond acceptors (Lipinski definition) is 14. The number of fused-ring (bicyclic) bond motifs is 2. The van der Waals surface area contributed by atoms with Crippen LogP contribution in [0.4, 0.5) is 23.5 Å². The molecule has 2 aromatic carbocycles. The molecule has 0 saturated carbocycles. The van der Waals surface area contributed by atoms with Gasteiger partial charge in [-0.25, -0.2) is 35.9 Å². The van der Waals surface area contributed by atoms with E-state index in [4.69, 9.17) is 14.6 Å². The lowest BCUT2D eigenvalue weighted by atomic mass is 10.3. The molecular weight excluding hydrogens is 782 g/mol. The van der Waals surface area contributed by atoms with Crippen molar-refractivity contribution >= 4 is 49.4 Å². The van der Waals surface area contributed by atoms with E-state index in [1.54, 1.807) is 6.92 Å². The van der Waals surface area contributed by atoms with E-state index in [-0.39, 0.29) is 64.9 Å². The molecule has 0 unspecified atom stereocenters. The van der Waals surface area contributed by atoms with E-state index in [1.807, 2.05) is 0 Å². The Hall–Kier alpha value is -6.61. The lowest BCUT2D eigenvalue weighted by Gasteiger charge is -2.14. The van der Waals surface area contributed by atoms with E-state index >= 15 is 0 Å². The fourth-order valence-corrected chi connectivity index (χ4v) is 5.50. The number of ether oxygens (including phenoxy) is 2. The predicted octanol–water partition coefficient (Wildman–Crippen LogP) is 4.10. The van der Waals surface area contributed by atoms with Gasteiger partial charge in [-0.2, -0.15) is 9.97 Å². The first-order valence-electron chi connectivity index (χ1n) is 16.5. The third-order valence-electron chi connectivity index (χ3n) is 7.54. The molecule has 4 heterocycles. The molecule has 0 fully saturated rings. The molecule has 0 radical (unpaired) electrons. The summed E-state index contributed by atoms with van der Waals surface area (Å²) in [5.74, 6) is -5.54. The third-order valence-corrected chi connectivity index (χ3v) is 8.40. The number of carbonyl (C=O) groups is 2. The molecule has 0 aliphatic heterocycles. The second kappa shape index (κ2) is 17.0. The largest absolute Gasteiger partial charge is 0.448 e. The summed E-state index contributed by atoms with van der Waals surface area (Å²) in [5.41, 5.74) is -1.48. The Balaban J connectivity index is 0.000000218. The molecule has 21 heteroatoms. The standard InChI is InChI=1S/C19H18F2N4O4.C17H13F2N3O5S/c1-10(9-26)23-19-22-7-12-5-16(29-15-4-3-13(20)6-14(15)21)18(28)25(8-11(2)27)17(12)24-19;1-9(23)8-22-15-10(7-20-17(21-15)28(2,25)26)5-14(16(22)24)27-13-4-3-11(18)6-12(13)19/h3-7,10,26H,8-9H2,1-2H3,(H,22,23,24);3-7H,8H2,1-2H3/t10-;/m1./s1. The molecule has 298 valence electrons. The van der Waals surface area contributed by atoms with Crippen LogP contribution in [0.1, 0.15) is 20.8 Å². The van der Waals surface area contributed by atoms with Crippen LogP contribution in [-0.4, -0.2) is 73.1 Å². The predicted molar refractivity (Wildman–Crippen MR) is 195 cm³/mol. The van der Waals surface area contributed by atoms with Gasteiger partial charge in [-0.05, 0) is 57.2 Å².